The first-order valence-corrected chi connectivity index (χ1v) is 8.90. The Balaban J connectivity index is 0. The highest BCUT2D eigenvalue weighted by molar-refractivity contribution is 6.66. The number of hydrogen-bond donors (Lipinski definition) is 0. The molecule has 5 nitrogen and oxygen atoms in total. The van der Waals surface area contributed by atoms with Crippen molar-refractivity contribution in [2.24, 2.45) is 0 Å². The Morgan fingerprint density at radius 1 is 1.10 bits per heavy atom. The molecular weight excluding hydrogens is 288 g/mol. The molecule has 0 aliphatic rings. The van der Waals surface area contributed by atoms with Crippen LogP contribution in [0.15, 0.2) is 24.4 Å². The van der Waals surface area contributed by atoms with Gasteiger partial charge >= 0.3 is 14.8 Å². The van der Waals surface area contributed by atoms with Crippen LogP contribution in [0.5, 0.6) is 0 Å². The molecule has 0 N–H and O–H groups in total. The molecule has 0 saturated heterocycles. The Bertz CT molecular complexity index is 287. The Kier molecular flexibility index (Phi) is 14.9. The van der Waals surface area contributed by atoms with Gasteiger partial charge in [0.15, 0.2) is 0 Å². The highest BCUT2D eigenvalue weighted by Gasteiger charge is 2.36. The molecule has 0 aromatic carbocycles. The third kappa shape index (κ3) is 11.4. The van der Waals surface area contributed by atoms with E-state index >= 15 is 0 Å². The molecule has 0 aromatic heterocycles. The summed E-state index contributed by atoms with van der Waals surface area (Å²) in [6.45, 7) is 20.1. The van der Waals surface area contributed by atoms with E-state index in [1.807, 2.05) is 20.8 Å². The van der Waals surface area contributed by atoms with E-state index in [9.17, 15) is 4.79 Å². The van der Waals surface area contributed by atoms with Gasteiger partial charge in [-0.3, -0.25) is 0 Å². The summed E-state index contributed by atoms with van der Waals surface area (Å²) in [4.78, 5) is 10.6. The van der Waals surface area contributed by atoms with Crippen LogP contribution in [0.3, 0.4) is 0 Å². The second-order valence-electron chi connectivity index (χ2n) is 3.88. The molecule has 0 saturated carbocycles. The highest BCUT2D eigenvalue weighted by Crippen LogP contribution is 2.10. The highest BCUT2D eigenvalue weighted by atomic mass is 28.4. The Morgan fingerprint density at radius 3 is 1.76 bits per heavy atom. The van der Waals surface area contributed by atoms with E-state index in [1.54, 1.807) is 12.6 Å². The van der Waals surface area contributed by atoms with E-state index in [0.717, 1.165) is 0 Å². The average Bonchev–Trinajstić information content (AvgIpc) is 2.46. The minimum atomic E-state index is -2.51. The maximum atomic E-state index is 10.6. The van der Waals surface area contributed by atoms with Crippen molar-refractivity contribution in [1.82, 2.24) is 0 Å². The minimum Gasteiger partial charge on any atom is -0.462 e. The molecule has 123 valence electrons. The number of carbonyl (C=O) groups is 1. The molecule has 6 heteroatoms. The zero-order chi connectivity index (χ0) is 16.7. The third-order valence-electron chi connectivity index (χ3n) is 2.01. The fourth-order valence-corrected chi connectivity index (χ4v) is 3.00. The summed E-state index contributed by atoms with van der Waals surface area (Å²) in [5.74, 6) is -0.335. The topological polar surface area (TPSA) is 54.0 Å². The van der Waals surface area contributed by atoms with Gasteiger partial charge in [0.2, 0.25) is 0 Å². The van der Waals surface area contributed by atoms with Crippen molar-refractivity contribution in [3.05, 3.63) is 31.4 Å². The Labute approximate surface area is 130 Å². The van der Waals surface area contributed by atoms with Crippen molar-refractivity contribution in [2.75, 3.05) is 26.4 Å². The summed E-state index contributed by atoms with van der Waals surface area (Å²) < 4.78 is 21.0. The summed E-state index contributed by atoms with van der Waals surface area (Å²) in [6.07, 6.45) is 0.610. The van der Waals surface area contributed by atoms with Crippen LogP contribution in [-0.4, -0.2) is 41.2 Å². The molecule has 21 heavy (non-hydrogen) atoms. The predicted octanol–water partition coefficient (Wildman–Crippen LogP) is 3.09. The number of rotatable bonds is 10. The lowest BCUT2D eigenvalue weighted by molar-refractivity contribution is -0.138. The van der Waals surface area contributed by atoms with Crippen molar-refractivity contribution in [2.45, 2.75) is 34.1 Å². The number of carbonyl (C=O) groups excluding carboxylic acids is 1. The fourth-order valence-electron chi connectivity index (χ4n) is 1.19. The summed E-state index contributed by atoms with van der Waals surface area (Å²) >= 11 is 0. The molecule has 0 unspecified atom stereocenters. The first-order valence-electron chi connectivity index (χ1n) is 7.10. The van der Waals surface area contributed by atoms with Gasteiger partial charge in [0.05, 0.1) is 6.61 Å². The van der Waals surface area contributed by atoms with Crippen LogP contribution < -0.4 is 0 Å². The van der Waals surface area contributed by atoms with Crippen LogP contribution in [-0.2, 0) is 22.8 Å². The quantitative estimate of drug-likeness (QED) is 0.352. The molecular formula is C15H29O5Si. The maximum Gasteiger partial charge on any atom is 0.528 e. The molecule has 0 aliphatic carbocycles. The van der Waals surface area contributed by atoms with Crippen LogP contribution in [0.1, 0.15) is 34.1 Å². The largest absolute Gasteiger partial charge is 0.528 e. The Hall–Kier alpha value is -0.953. The van der Waals surface area contributed by atoms with E-state index in [1.165, 1.54) is 0 Å². The zero-order valence-corrected chi connectivity index (χ0v) is 14.8. The summed E-state index contributed by atoms with van der Waals surface area (Å²) in [7, 11) is -2.51. The molecule has 0 heterocycles. The molecule has 0 amide bonds. The Morgan fingerprint density at radius 2 is 1.52 bits per heavy atom. The van der Waals surface area contributed by atoms with E-state index in [0.29, 0.717) is 38.4 Å². The van der Waals surface area contributed by atoms with Gasteiger partial charge in [-0.1, -0.05) is 13.2 Å². The molecule has 0 spiro atoms. The predicted molar refractivity (Wildman–Crippen MR) is 86.6 cm³/mol. The standard InChI is InChI=1S/C8H18O3Si.C7H11O2/c1-5-9-12(8-4,10-6-2)11-7-3;1-4-5-9-7(8)6(2)3/h8H,4-7H2,1-3H3;1-2,4-5H2,3H3. The number of ether oxygens (including phenoxy) is 1. The molecule has 0 fully saturated rings. The summed E-state index contributed by atoms with van der Waals surface area (Å²) in [5, 5.41) is 0. The van der Waals surface area contributed by atoms with Gasteiger partial charge in [-0.05, 0) is 46.7 Å². The van der Waals surface area contributed by atoms with Crippen molar-refractivity contribution < 1.29 is 22.8 Å². The second-order valence-corrected chi connectivity index (χ2v) is 6.36. The van der Waals surface area contributed by atoms with Crippen LogP contribution >= 0.6 is 0 Å². The summed E-state index contributed by atoms with van der Waals surface area (Å²) in [6, 6.07) is 0. The third-order valence-corrected chi connectivity index (χ3v) is 4.59. The maximum absolute atomic E-state index is 10.6. The van der Waals surface area contributed by atoms with E-state index in [2.05, 4.69) is 24.8 Å². The van der Waals surface area contributed by atoms with Gasteiger partial charge in [-0.2, -0.15) is 0 Å². The molecule has 1 radical (unpaired) electrons. The lowest BCUT2D eigenvalue weighted by Crippen LogP contribution is -2.44. The zero-order valence-electron chi connectivity index (χ0n) is 13.8. The fraction of sp³-hybridized carbons (Fsp3) is 0.600. The second kappa shape index (κ2) is 14.0. The molecule has 0 aromatic rings. The SMILES string of the molecule is C=C[Si](OCC)(OCC)OCC.[CH2]CCOC(=O)C(=C)C. The molecule has 0 aliphatic heterocycles. The van der Waals surface area contributed by atoms with Gasteiger partial charge in [0.1, 0.15) is 0 Å². The molecule has 0 atom stereocenters. The van der Waals surface area contributed by atoms with Crippen LogP contribution in [0.2, 0.25) is 0 Å². The van der Waals surface area contributed by atoms with Crippen LogP contribution in [0, 0.1) is 6.92 Å². The van der Waals surface area contributed by atoms with Crippen LogP contribution in [0.4, 0.5) is 0 Å². The van der Waals surface area contributed by atoms with Crippen molar-refractivity contribution >= 4 is 14.8 Å². The lowest BCUT2D eigenvalue weighted by Gasteiger charge is -2.24. The normalized spacial score (nSPS) is 10.3. The van der Waals surface area contributed by atoms with Gasteiger partial charge in [0, 0.05) is 25.4 Å². The van der Waals surface area contributed by atoms with Gasteiger partial charge in [-0.15, -0.1) is 0 Å². The van der Waals surface area contributed by atoms with Gasteiger partial charge < -0.3 is 18.0 Å². The lowest BCUT2D eigenvalue weighted by atomic mass is 10.4. The van der Waals surface area contributed by atoms with E-state index in [4.69, 9.17) is 13.3 Å². The first-order chi connectivity index (χ1) is 9.92. The van der Waals surface area contributed by atoms with Crippen molar-refractivity contribution in [3.8, 4) is 0 Å². The summed E-state index contributed by atoms with van der Waals surface area (Å²) in [5.41, 5.74) is 2.10. The number of hydrogen-bond acceptors (Lipinski definition) is 5. The van der Waals surface area contributed by atoms with Crippen molar-refractivity contribution in [1.29, 1.82) is 0 Å². The van der Waals surface area contributed by atoms with Crippen LogP contribution in [0.25, 0.3) is 0 Å². The monoisotopic (exact) mass is 317 g/mol. The van der Waals surface area contributed by atoms with Gasteiger partial charge in [-0.25, -0.2) is 4.79 Å². The molecule has 0 rings (SSSR count). The minimum absolute atomic E-state index is 0.335. The average molecular weight is 317 g/mol. The van der Waals surface area contributed by atoms with Gasteiger partial charge in [0.25, 0.3) is 0 Å². The van der Waals surface area contributed by atoms with Crippen molar-refractivity contribution in [3.63, 3.8) is 0 Å². The number of esters is 1. The van der Waals surface area contributed by atoms with E-state index in [-0.39, 0.29) is 5.97 Å². The van der Waals surface area contributed by atoms with E-state index < -0.39 is 8.80 Å². The smallest absolute Gasteiger partial charge is 0.462 e. The molecule has 0 bridgehead atoms. The first kappa shape index (κ1) is 22.3.